The molecule has 1 rings (SSSR count). The van der Waals surface area contributed by atoms with Gasteiger partial charge >= 0.3 is 0 Å². The molecule has 72 valence electrons. The van der Waals surface area contributed by atoms with Crippen LogP contribution in [0, 0.1) is 0 Å². The molecule has 0 unspecified atom stereocenters. The lowest BCUT2D eigenvalue weighted by atomic mass is 10.1. The first kappa shape index (κ1) is 10.6. The average Bonchev–Trinajstić information content (AvgIpc) is 2.16. The van der Waals surface area contributed by atoms with E-state index in [4.69, 9.17) is 0 Å². The minimum absolute atomic E-state index is 0.537. The van der Waals surface area contributed by atoms with Crippen molar-refractivity contribution >= 4 is 12.6 Å². The third kappa shape index (κ3) is 4.34. The molecule has 1 nitrogen and oxygen atoms in total. The van der Waals surface area contributed by atoms with Gasteiger partial charge in [0.2, 0.25) is 0 Å². The molecule has 0 aliphatic carbocycles. The van der Waals surface area contributed by atoms with Crippen LogP contribution >= 0.6 is 12.6 Å². The highest BCUT2D eigenvalue weighted by Crippen LogP contribution is 2.02. The van der Waals surface area contributed by atoms with E-state index < -0.39 is 0 Å². The summed E-state index contributed by atoms with van der Waals surface area (Å²) in [6, 6.07) is 11.1. The van der Waals surface area contributed by atoms with Crippen molar-refractivity contribution < 1.29 is 0 Å². The van der Waals surface area contributed by atoms with Gasteiger partial charge in [0.25, 0.3) is 0 Å². The van der Waals surface area contributed by atoms with E-state index in [0.717, 1.165) is 18.7 Å². The van der Waals surface area contributed by atoms with Crippen molar-refractivity contribution in [3.63, 3.8) is 0 Å². The predicted molar refractivity (Wildman–Crippen MR) is 61.5 cm³/mol. The average molecular weight is 195 g/mol. The highest BCUT2D eigenvalue weighted by molar-refractivity contribution is 7.80. The Morgan fingerprint density at radius 2 is 2.00 bits per heavy atom. The minimum atomic E-state index is 0.537. The Morgan fingerprint density at radius 1 is 1.31 bits per heavy atom. The fourth-order valence-electron chi connectivity index (χ4n) is 1.35. The monoisotopic (exact) mass is 195 g/mol. The molecule has 0 aliphatic heterocycles. The molecule has 0 saturated carbocycles. The van der Waals surface area contributed by atoms with Crippen LogP contribution in [0.4, 0.5) is 0 Å². The molecule has 0 radical (unpaired) electrons. The van der Waals surface area contributed by atoms with Gasteiger partial charge in [0.05, 0.1) is 0 Å². The molecule has 1 aromatic rings. The predicted octanol–water partition coefficient (Wildman–Crippen LogP) is 2.14. The SMILES string of the molecule is C[C@@H](Cc1ccccc1)NCCS. The van der Waals surface area contributed by atoms with Crippen LogP contribution in [0.25, 0.3) is 0 Å². The summed E-state index contributed by atoms with van der Waals surface area (Å²) in [6.07, 6.45) is 1.09. The summed E-state index contributed by atoms with van der Waals surface area (Å²) in [5.74, 6) is 0.902. The van der Waals surface area contributed by atoms with Crippen LogP contribution in [0.15, 0.2) is 30.3 Å². The lowest BCUT2D eigenvalue weighted by molar-refractivity contribution is 0.568. The Kier molecular flexibility index (Phi) is 4.94. The Labute approximate surface area is 86.0 Å². The van der Waals surface area contributed by atoms with Gasteiger partial charge in [0, 0.05) is 18.3 Å². The summed E-state index contributed by atoms with van der Waals surface area (Å²) < 4.78 is 0. The quantitative estimate of drug-likeness (QED) is 0.686. The van der Waals surface area contributed by atoms with Gasteiger partial charge in [0.15, 0.2) is 0 Å². The Balaban J connectivity index is 2.32. The topological polar surface area (TPSA) is 12.0 Å². The molecule has 1 atom stereocenters. The van der Waals surface area contributed by atoms with Crippen LogP contribution in [0.1, 0.15) is 12.5 Å². The van der Waals surface area contributed by atoms with E-state index in [1.54, 1.807) is 0 Å². The summed E-state index contributed by atoms with van der Waals surface area (Å²) in [4.78, 5) is 0. The minimum Gasteiger partial charge on any atom is -0.313 e. The van der Waals surface area contributed by atoms with Gasteiger partial charge in [-0.15, -0.1) is 0 Å². The van der Waals surface area contributed by atoms with E-state index >= 15 is 0 Å². The zero-order chi connectivity index (χ0) is 9.52. The summed E-state index contributed by atoms with van der Waals surface area (Å²) in [7, 11) is 0. The molecule has 0 fully saturated rings. The van der Waals surface area contributed by atoms with Crippen molar-refractivity contribution in [1.82, 2.24) is 5.32 Å². The molecule has 0 aliphatic rings. The first-order valence-electron chi connectivity index (χ1n) is 4.71. The second-order valence-corrected chi connectivity index (χ2v) is 3.72. The van der Waals surface area contributed by atoms with Gasteiger partial charge in [0.1, 0.15) is 0 Å². The second-order valence-electron chi connectivity index (χ2n) is 3.27. The summed E-state index contributed by atoms with van der Waals surface area (Å²) in [5, 5.41) is 3.40. The molecular weight excluding hydrogens is 178 g/mol. The zero-order valence-electron chi connectivity index (χ0n) is 8.03. The highest BCUT2D eigenvalue weighted by atomic mass is 32.1. The zero-order valence-corrected chi connectivity index (χ0v) is 8.93. The van der Waals surface area contributed by atoms with Crippen LogP contribution < -0.4 is 5.32 Å². The number of rotatable bonds is 5. The van der Waals surface area contributed by atoms with Gasteiger partial charge in [-0.3, -0.25) is 0 Å². The van der Waals surface area contributed by atoms with Gasteiger partial charge in [-0.2, -0.15) is 12.6 Å². The van der Waals surface area contributed by atoms with Crippen molar-refractivity contribution in [3.8, 4) is 0 Å². The summed E-state index contributed by atoms with van der Waals surface area (Å²) >= 11 is 4.16. The van der Waals surface area contributed by atoms with Crippen LogP contribution in [-0.2, 0) is 6.42 Å². The van der Waals surface area contributed by atoms with Crippen molar-refractivity contribution in [2.75, 3.05) is 12.3 Å². The third-order valence-corrected chi connectivity index (χ3v) is 2.21. The number of hydrogen-bond acceptors (Lipinski definition) is 2. The van der Waals surface area contributed by atoms with Crippen LogP contribution in [0.3, 0.4) is 0 Å². The van der Waals surface area contributed by atoms with Gasteiger partial charge in [-0.1, -0.05) is 30.3 Å². The van der Waals surface area contributed by atoms with Crippen LogP contribution in [0.2, 0.25) is 0 Å². The largest absolute Gasteiger partial charge is 0.313 e. The van der Waals surface area contributed by atoms with Crippen molar-refractivity contribution in [2.45, 2.75) is 19.4 Å². The van der Waals surface area contributed by atoms with E-state index in [1.807, 2.05) is 0 Å². The molecule has 0 amide bonds. The van der Waals surface area contributed by atoms with E-state index in [0.29, 0.717) is 6.04 Å². The lowest BCUT2D eigenvalue weighted by Gasteiger charge is -2.12. The second kappa shape index (κ2) is 6.06. The molecule has 0 aromatic heterocycles. The molecular formula is C11H17NS. The third-order valence-electron chi connectivity index (χ3n) is 1.99. The molecule has 0 bridgehead atoms. The smallest absolute Gasteiger partial charge is 0.00794 e. The molecule has 2 heteroatoms. The maximum atomic E-state index is 4.16. The van der Waals surface area contributed by atoms with Gasteiger partial charge in [-0.25, -0.2) is 0 Å². The maximum Gasteiger partial charge on any atom is 0.00794 e. The van der Waals surface area contributed by atoms with E-state index in [-0.39, 0.29) is 0 Å². The first-order valence-corrected chi connectivity index (χ1v) is 5.34. The fraction of sp³-hybridized carbons (Fsp3) is 0.455. The molecule has 0 heterocycles. The Bertz CT molecular complexity index is 223. The van der Waals surface area contributed by atoms with Crippen LogP contribution in [0.5, 0.6) is 0 Å². The van der Waals surface area contributed by atoms with Gasteiger partial charge in [-0.05, 0) is 18.9 Å². The molecule has 0 spiro atoms. The van der Waals surface area contributed by atoms with Crippen molar-refractivity contribution in [1.29, 1.82) is 0 Å². The molecule has 1 N–H and O–H groups in total. The number of hydrogen-bond donors (Lipinski definition) is 2. The number of benzene rings is 1. The molecule has 0 saturated heterocycles. The van der Waals surface area contributed by atoms with Crippen LogP contribution in [-0.4, -0.2) is 18.3 Å². The van der Waals surface area contributed by atoms with Crippen molar-refractivity contribution in [2.24, 2.45) is 0 Å². The van der Waals surface area contributed by atoms with Crippen molar-refractivity contribution in [3.05, 3.63) is 35.9 Å². The molecule has 13 heavy (non-hydrogen) atoms. The standard InChI is InChI=1S/C11H17NS/c1-10(12-7-8-13)9-11-5-3-2-4-6-11/h2-6,10,12-13H,7-9H2,1H3/t10-/m0/s1. The fourth-order valence-corrected chi connectivity index (χ4v) is 1.48. The lowest BCUT2D eigenvalue weighted by Crippen LogP contribution is -2.29. The summed E-state index contributed by atoms with van der Waals surface area (Å²) in [5.41, 5.74) is 1.39. The number of thiol groups is 1. The maximum absolute atomic E-state index is 4.16. The first-order chi connectivity index (χ1) is 6.33. The Morgan fingerprint density at radius 3 is 2.62 bits per heavy atom. The highest BCUT2D eigenvalue weighted by Gasteiger charge is 2.00. The number of nitrogens with one attached hydrogen (secondary N) is 1. The Hall–Kier alpha value is -0.470. The molecule has 1 aromatic carbocycles. The summed E-state index contributed by atoms with van der Waals surface area (Å²) in [6.45, 7) is 3.19. The van der Waals surface area contributed by atoms with E-state index in [2.05, 4.69) is 55.2 Å². The normalized spacial score (nSPS) is 12.8. The van der Waals surface area contributed by atoms with Gasteiger partial charge < -0.3 is 5.32 Å². The van der Waals surface area contributed by atoms with E-state index in [9.17, 15) is 0 Å². The van der Waals surface area contributed by atoms with E-state index in [1.165, 1.54) is 5.56 Å².